The first-order chi connectivity index (χ1) is 13.4. The van der Waals surface area contributed by atoms with Crippen LogP contribution in [-0.4, -0.2) is 27.0 Å². The topological polar surface area (TPSA) is 96.5 Å². The Kier molecular flexibility index (Phi) is 4.35. The molecule has 3 aromatic rings. The summed E-state index contributed by atoms with van der Waals surface area (Å²) >= 11 is 1.19. The first-order valence-corrected chi connectivity index (χ1v) is 9.42. The van der Waals surface area contributed by atoms with Crippen LogP contribution >= 0.6 is 11.3 Å². The molecule has 0 bridgehead atoms. The number of carbonyl (C=O) groups is 2. The molecule has 1 aliphatic rings. The molecule has 1 unspecified atom stereocenters. The van der Waals surface area contributed by atoms with E-state index in [0.717, 1.165) is 11.1 Å². The SMILES string of the molecule is Cc1ccc(C)c(C(O)=C2C(=O)C(=O)N(c3nnc(C)s3)C2c2ccco2)c1. The third-order valence-electron chi connectivity index (χ3n) is 4.63. The zero-order valence-corrected chi connectivity index (χ0v) is 16.3. The molecule has 28 heavy (non-hydrogen) atoms. The first kappa shape index (κ1) is 18.1. The van der Waals surface area contributed by atoms with Crippen molar-refractivity contribution in [2.45, 2.75) is 26.8 Å². The maximum atomic E-state index is 12.9. The van der Waals surface area contributed by atoms with Crippen LogP contribution in [0.5, 0.6) is 0 Å². The summed E-state index contributed by atoms with van der Waals surface area (Å²) < 4.78 is 5.51. The summed E-state index contributed by atoms with van der Waals surface area (Å²) in [6, 6.07) is 7.97. The fourth-order valence-corrected chi connectivity index (χ4v) is 3.98. The number of furan rings is 1. The van der Waals surface area contributed by atoms with E-state index in [9.17, 15) is 14.7 Å². The largest absolute Gasteiger partial charge is 0.507 e. The van der Waals surface area contributed by atoms with Gasteiger partial charge in [0.05, 0.1) is 11.8 Å². The lowest BCUT2D eigenvalue weighted by molar-refractivity contribution is -0.132. The number of ketones is 1. The number of amides is 1. The van der Waals surface area contributed by atoms with Crippen LogP contribution in [0.2, 0.25) is 0 Å². The highest BCUT2D eigenvalue weighted by atomic mass is 32.1. The van der Waals surface area contributed by atoms with Crippen molar-refractivity contribution in [3.8, 4) is 0 Å². The minimum atomic E-state index is -0.915. The van der Waals surface area contributed by atoms with Gasteiger partial charge < -0.3 is 9.52 Å². The van der Waals surface area contributed by atoms with E-state index in [1.165, 1.54) is 22.5 Å². The second-order valence-electron chi connectivity index (χ2n) is 6.61. The van der Waals surface area contributed by atoms with Gasteiger partial charge in [-0.1, -0.05) is 29.0 Å². The van der Waals surface area contributed by atoms with Crippen molar-refractivity contribution in [3.63, 3.8) is 0 Å². The molecular formula is C20H17N3O4S. The summed E-state index contributed by atoms with van der Waals surface area (Å²) in [5.41, 5.74) is 2.19. The molecule has 3 heterocycles. The van der Waals surface area contributed by atoms with E-state index < -0.39 is 17.7 Å². The Morgan fingerprint density at radius 1 is 1.18 bits per heavy atom. The Morgan fingerprint density at radius 3 is 2.61 bits per heavy atom. The van der Waals surface area contributed by atoms with E-state index in [1.54, 1.807) is 25.1 Å². The number of aromatic nitrogens is 2. The van der Waals surface area contributed by atoms with Gasteiger partial charge in [0.25, 0.3) is 5.78 Å². The van der Waals surface area contributed by atoms with Crippen LogP contribution in [0.25, 0.3) is 5.76 Å². The molecule has 1 atom stereocenters. The highest BCUT2D eigenvalue weighted by Gasteiger charge is 2.49. The molecule has 0 spiro atoms. The Morgan fingerprint density at radius 2 is 1.96 bits per heavy atom. The van der Waals surface area contributed by atoms with Gasteiger partial charge in [-0.15, -0.1) is 10.2 Å². The maximum absolute atomic E-state index is 12.9. The second-order valence-corrected chi connectivity index (χ2v) is 7.77. The van der Waals surface area contributed by atoms with Crippen LogP contribution in [0.15, 0.2) is 46.6 Å². The Labute approximate surface area is 164 Å². The van der Waals surface area contributed by atoms with Gasteiger partial charge in [0.1, 0.15) is 22.6 Å². The molecule has 1 N–H and O–H groups in total. The van der Waals surface area contributed by atoms with Crippen molar-refractivity contribution < 1.29 is 19.1 Å². The van der Waals surface area contributed by atoms with Crippen LogP contribution < -0.4 is 4.90 Å². The fraction of sp³-hybridized carbons (Fsp3) is 0.200. The predicted molar refractivity (Wildman–Crippen MR) is 104 cm³/mol. The highest BCUT2D eigenvalue weighted by Crippen LogP contribution is 2.43. The first-order valence-electron chi connectivity index (χ1n) is 8.60. The average molecular weight is 395 g/mol. The van der Waals surface area contributed by atoms with Gasteiger partial charge in [-0.25, -0.2) is 0 Å². The van der Waals surface area contributed by atoms with Crippen LogP contribution in [0, 0.1) is 20.8 Å². The normalized spacial score (nSPS) is 18.8. The number of benzene rings is 1. The van der Waals surface area contributed by atoms with Gasteiger partial charge in [0.2, 0.25) is 5.13 Å². The molecule has 0 radical (unpaired) electrons. The second kappa shape index (κ2) is 6.72. The molecule has 142 valence electrons. The molecule has 0 aliphatic carbocycles. The van der Waals surface area contributed by atoms with Gasteiger partial charge in [-0.2, -0.15) is 0 Å². The molecule has 1 aliphatic heterocycles. The maximum Gasteiger partial charge on any atom is 0.302 e. The molecule has 1 fully saturated rings. The molecule has 4 rings (SSSR count). The fourth-order valence-electron chi connectivity index (χ4n) is 3.27. The molecular weight excluding hydrogens is 378 g/mol. The van der Waals surface area contributed by atoms with Crippen LogP contribution in [-0.2, 0) is 9.59 Å². The molecule has 1 amide bonds. The van der Waals surface area contributed by atoms with Crippen LogP contribution in [0.4, 0.5) is 5.13 Å². The summed E-state index contributed by atoms with van der Waals surface area (Å²) in [6.45, 7) is 5.49. The van der Waals surface area contributed by atoms with Gasteiger partial charge in [0, 0.05) is 5.56 Å². The van der Waals surface area contributed by atoms with Crippen molar-refractivity contribution in [1.29, 1.82) is 0 Å². The van der Waals surface area contributed by atoms with E-state index in [2.05, 4.69) is 10.2 Å². The number of hydrogen-bond donors (Lipinski definition) is 1. The van der Waals surface area contributed by atoms with Gasteiger partial charge in [0.15, 0.2) is 0 Å². The molecule has 7 nitrogen and oxygen atoms in total. The minimum Gasteiger partial charge on any atom is -0.507 e. The number of anilines is 1. The molecule has 1 saturated heterocycles. The zero-order chi connectivity index (χ0) is 20.0. The van der Waals surface area contributed by atoms with Crippen molar-refractivity contribution >= 4 is 33.9 Å². The number of aliphatic hydroxyl groups excluding tert-OH is 1. The lowest BCUT2D eigenvalue weighted by Gasteiger charge is -2.20. The summed E-state index contributed by atoms with van der Waals surface area (Å²) in [5.74, 6) is -1.43. The van der Waals surface area contributed by atoms with Crippen LogP contribution in [0.1, 0.15) is 33.5 Å². The number of aliphatic hydroxyl groups is 1. The summed E-state index contributed by atoms with van der Waals surface area (Å²) in [5, 5.41) is 20.0. The summed E-state index contributed by atoms with van der Waals surface area (Å²) in [4.78, 5) is 27.0. The van der Waals surface area contributed by atoms with E-state index in [0.29, 0.717) is 16.3 Å². The molecule has 0 saturated carbocycles. The zero-order valence-electron chi connectivity index (χ0n) is 15.5. The van der Waals surface area contributed by atoms with Crippen molar-refractivity contribution in [1.82, 2.24) is 10.2 Å². The Hall–Kier alpha value is -3.26. The van der Waals surface area contributed by atoms with E-state index in [-0.39, 0.29) is 16.5 Å². The van der Waals surface area contributed by atoms with E-state index >= 15 is 0 Å². The lowest BCUT2D eigenvalue weighted by Crippen LogP contribution is -2.29. The smallest absolute Gasteiger partial charge is 0.302 e. The third-order valence-corrected chi connectivity index (χ3v) is 5.46. The quantitative estimate of drug-likeness (QED) is 0.413. The number of aryl methyl sites for hydroxylation is 3. The highest BCUT2D eigenvalue weighted by molar-refractivity contribution is 7.15. The number of carbonyl (C=O) groups excluding carboxylic acids is 2. The Balaban J connectivity index is 1.96. The summed E-state index contributed by atoms with van der Waals surface area (Å²) in [7, 11) is 0. The van der Waals surface area contributed by atoms with Crippen molar-refractivity contribution in [2.75, 3.05) is 4.90 Å². The van der Waals surface area contributed by atoms with Crippen molar-refractivity contribution in [3.05, 3.63) is 69.6 Å². The monoisotopic (exact) mass is 395 g/mol. The number of Topliss-reactive ketones (excluding diaryl/α,β-unsaturated/α-hetero) is 1. The number of nitrogens with zero attached hydrogens (tertiary/aromatic N) is 3. The standard InChI is InChI=1S/C20H17N3O4S/c1-10-6-7-11(2)13(9-10)17(24)15-16(14-5-4-8-27-14)23(19(26)18(15)25)20-22-21-12(3)28-20/h4-9,16,24H,1-3H3. The molecule has 1 aromatic carbocycles. The number of hydrogen-bond acceptors (Lipinski definition) is 7. The minimum absolute atomic E-state index is 0.0264. The van der Waals surface area contributed by atoms with Crippen LogP contribution in [0.3, 0.4) is 0 Å². The molecule has 8 heteroatoms. The molecule has 2 aromatic heterocycles. The Bertz CT molecular complexity index is 1110. The predicted octanol–water partition coefficient (Wildman–Crippen LogP) is 3.68. The lowest BCUT2D eigenvalue weighted by atomic mass is 9.96. The van der Waals surface area contributed by atoms with Crippen molar-refractivity contribution in [2.24, 2.45) is 0 Å². The van der Waals surface area contributed by atoms with E-state index in [4.69, 9.17) is 4.42 Å². The van der Waals surface area contributed by atoms with Gasteiger partial charge in [-0.3, -0.25) is 14.5 Å². The summed E-state index contributed by atoms with van der Waals surface area (Å²) in [6.07, 6.45) is 1.46. The van der Waals surface area contributed by atoms with E-state index in [1.807, 2.05) is 26.0 Å². The third kappa shape index (κ3) is 2.82. The van der Waals surface area contributed by atoms with Gasteiger partial charge >= 0.3 is 5.91 Å². The van der Waals surface area contributed by atoms with Gasteiger partial charge in [-0.05, 0) is 44.5 Å². The average Bonchev–Trinajstić information content (AvgIpc) is 3.38. The number of rotatable bonds is 3.